The van der Waals surface area contributed by atoms with Gasteiger partial charge in [0.25, 0.3) is 0 Å². The molecule has 0 aliphatic heterocycles. The van der Waals surface area contributed by atoms with Crippen LogP contribution in [-0.4, -0.2) is 18.4 Å². The van der Waals surface area contributed by atoms with E-state index in [2.05, 4.69) is 11.8 Å². The van der Waals surface area contributed by atoms with Crippen molar-refractivity contribution in [1.29, 1.82) is 5.41 Å². The average molecular weight is 299 g/mol. The number of anilines is 1. The fourth-order valence-electron chi connectivity index (χ4n) is 2.39. The normalized spacial score (nSPS) is 15.0. The number of alkyl halides is 3. The molecule has 1 fully saturated rings. The van der Waals surface area contributed by atoms with Gasteiger partial charge < -0.3 is 10.6 Å². The van der Waals surface area contributed by atoms with E-state index in [1.807, 2.05) is 0 Å². The highest BCUT2D eigenvalue weighted by molar-refractivity contribution is 6.00. The van der Waals surface area contributed by atoms with Crippen LogP contribution >= 0.6 is 0 Å². The molecule has 1 aliphatic carbocycles. The van der Waals surface area contributed by atoms with Crippen LogP contribution in [0.3, 0.4) is 0 Å². The first kappa shape index (κ1) is 15.7. The van der Waals surface area contributed by atoms with E-state index in [4.69, 9.17) is 11.1 Å². The predicted molar refractivity (Wildman–Crippen MR) is 77.7 cm³/mol. The van der Waals surface area contributed by atoms with Gasteiger partial charge in [0.15, 0.2) is 0 Å². The molecule has 0 amide bonds. The van der Waals surface area contributed by atoms with Crippen LogP contribution < -0.4 is 10.6 Å². The Morgan fingerprint density at radius 3 is 2.52 bits per heavy atom. The predicted octanol–water partition coefficient (Wildman–Crippen LogP) is 3.76. The molecule has 0 radical (unpaired) electrons. The van der Waals surface area contributed by atoms with Gasteiger partial charge in [-0.25, -0.2) is 0 Å². The molecule has 3 nitrogen and oxygen atoms in total. The largest absolute Gasteiger partial charge is 0.416 e. The second-order valence-corrected chi connectivity index (χ2v) is 5.42. The lowest BCUT2D eigenvalue weighted by molar-refractivity contribution is -0.137. The van der Waals surface area contributed by atoms with Gasteiger partial charge in [0.2, 0.25) is 0 Å². The van der Waals surface area contributed by atoms with E-state index in [9.17, 15) is 13.2 Å². The summed E-state index contributed by atoms with van der Waals surface area (Å²) in [5, 5.41) is 7.59. The summed E-state index contributed by atoms with van der Waals surface area (Å²) in [7, 11) is 0. The molecule has 1 aromatic rings. The summed E-state index contributed by atoms with van der Waals surface area (Å²) in [6.45, 7) is 2.86. The summed E-state index contributed by atoms with van der Waals surface area (Å²) < 4.78 is 38.4. The van der Waals surface area contributed by atoms with Gasteiger partial charge in [-0.05, 0) is 37.5 Å². The van der Waals surface area contributed by atoms with Crippen molar-refractivity contribution in [3.8, 4) is 0 Å². The standard InChI is InChI=1S/C15H20F3N3/c1-2-3-8-21(11-5-6-11)13-7-4-10(15(16,17)18)9-12(13)14(19)20/h4,7,9,11H,2-3,5-6,8H2,1H3,(H3,19,20). The van der Waals surface area contributed by atoms with E-state index in [-0.39, 0.29) is 11.4 Å². The number of rotatable bonds is 6. The first-order valence-corrected chi connectivity index (χ1v) is 7.17. The van der Waals surface area contributed by atoms with Gasteiger partial charge in [-0.2, -0.15) is 13.2 Å². The molecule has 1 aliphatic rings. The van der Waals surface area contributed by atoms with Crippen molar-refractivity contribution in [3.63, 3.8) is 0 Å². The zero-order valence-electron chi connectivity index (χ0n) is 12.0. The van der Waals surface area contributed by atoms with Crippen LogP contribution in [0.5, 0.6) is 0 Å². The van der Waals surface area contributed by atoms with Gasteiger partial charge in [-0.3, -0.25) is 5.41 Å². The van der Waals surface area contributed by atoms with Crippen LogP contribution in [0.1, 0.15) is 43.7 Å². The molecular formula is C15H20F3N3. The third-order valence-corrected chi connectivity index (χ3v) is 3.66. The Bertz CT molecular complexity index is 521. The van der Waals surface area contributed by atoms with Crippen LogP contribution in [0.15, 0.2) is 18.2 Å². The Balaban J connectivity index is 2.39. The van der Waals surface area contributed by atoms with Crippen molar-refractivity contribution < 1.29 is 13.2 Å². The number of nitrogens with zero attached hydrogens (tertiary/aromatic N) is 1. The van der Waals surface area contributed by atoms with Gasteiger partial charge in [0.05, 0.1) is 5.56 Å². The summed E-state index contributed by atoms with van der Waals surface area (Å²) in [6.07, 6.45) is -0.352. The Hall–Kier alpha value is -1.72. The Labute approximate surface area is 122 Å². The minimum atomic E-state index is -4.42. The van der Waals surface area contributed by atoms with Crippen molar-refractivity contribution in [1.82, 2.24) is 0 Å². The van der Waals surface area contributed by atoms with Crippen LogP contribution in [0.2, 0.25) is 0 Å². The van der Waals surface area contributed by atoms with Gasteiger partial charge in [0, 0.05) is 23.8 Å². The van der Waals surface area contributed by atoms with Gasteiger partial charge >= 0.3 is 6.18 Å². The van der Waals surface area contributed by atoms with Gasteiger partial charge in [-0.15, -0.1) is 0 Å². The molecule has 21 heavy (non-hydrogen) atoms. The summed E-state index contributed by atoms with van der Waals surface area (Å²) in [6, 6.07) is 3.88. The summed E-state index contributed by atoms with van der Waals surface area (Å²) in [5.74, 6) is -0.321. The molecule has 0 atom stereocenters. The SMILES string of the molecule is CCCCN(c1ccc(C(F)(F)F)cc1C(=N)N)C1CC1. The molecule has 2 rings (SSSR count). The number of halogens is 3. The lowest BCUT2D eigenvalue weighted by Gasteiger charge is -2.27. The summed E-state index contributed by atoms with van der Waals surface area (Å²) in [5.41, 5.74) is 5.56. The second kappa shape index (κ2) is 5.95. The highest BCUT2D eigenvalue weighted by Gasteiger charge is 2.34. The minimum absolute atomic E-state index is 0.174. The van der Waals surface area contributed by atoms with Crippen LogP contribution in [0.4, 0.5) is 18.9 Å². The van der Waals surface area contributed by atoms with Gasteiger partial charge in [0.1, 0.15) is 5.84 Å². The van der Waals surface area contributed by atoms with Gasteiger partial charge in [-0.1, -0.05) is 13.3 Å². The molecule has 0 heterocycles. The maximum atomic E-state index is 12.8. The molecule has 0 bridgehead atoms. The summed E-state index contributed by atoms with van der Waals surface area (Å²) in [4.78, 5) is 2.10. The number of benzene rings is 1. The summed E-state index contributed by atoms with van der Waals surface area (Å²) >= 11 is 0. The van der Waals surface area contributed by atoms with Crippen molar-refractivity contribution in [2.75, 3.05) is 11.4 Å². The van der Waals surface area contributed by atoms with Crippen LogP contribution in [0.25, 0.3) is 0 Å². The zero-order valence-corrected chi connectivity index (χ0v) is 12.0. The van der Waals surface area contributed by atoms with E-state index in [0.717, 1.165) is 44.4 Å². The zero-order chi connectivity index (χ0) is 15.6. The molecule has 6 heteroatoms. The van der Waals surface area contributed by atoms with E-state index < -0.39 is 11.7 Å². The van der Waals surface area contributed by atoms with Crippen molar-refractivity contribution in [3.05, 3.63) is 29.3 Å². The molecule has 0 saturated heterocycles. The van der Waals surface area contributed by atoms with Crippen LogP contribution in [0, 0.1) is 5.41 Å². The van der Waals surface area contributed by atoms with E-state index in [0.29, 0.717) is 11.7 Å². The average Bonchev–Trinajstić information content (AvgIpc) is 3.22. The van der Waals surface area contributed by atoms with Crippen molar-refractivity contribution in [2.45, 2.75) is 44.8 Å². The molecule has 3 N–H and O–H groups in total. The molecule has 0 unspecified atom stereocenters. The fraction of sp³-hybridized carbons (Fsp3) is 0.533. The van der Waals surface area contributed by atoms with Crippen molar-refractivity contribution >= 4 is 11.5 Å². The lowest BCUT2D eigenvalue weighted by Crippen LogP contribution is -2.30. The first-order chi connectivity index (χ1) is 9.84. The highest BCUT2D eigenvalue weighted by Crippen LogP contribution is 2.37. The van der Waals surface area contributed by atoms with Crippen molar-refractivity contribution in [2.24, 2.45) is 5.73 Å². The number of hydrogen-bond donors (Lipinski definition) is 2. The maximum Gasteiger partial charge on any atom is 0.416 e. The van der Waals surface area contributed by atoms with E-state index in [1.165, 1.54) is 6.07 Å². The quantitative estimate of drug-likeness (QED) is 0.621. The minimum Gasteiger partial charge on any atom is -0.384 e. The number of nitrogens with one attached hydrogen (secondary N) is 1. The molecule has 0 spiro atoms. The molecule has 1 aromatic carbocycles. The third-order valence-electron chi connectivity index (χ3n) is 3.66. The lowest BCUT2D eigenvalue weighted by atomic mass is 10.1. The highest BCUT2D eigenvalue weighted by atomic mass is 19.4. The number of amidine groups is 1. The Morgan fingerprint density at radius 1 is 1.38 bits per heavy atom. The number of unbranched alkanes of at least 4 members (excludes halogenated alkanes) is 1. The molecule has 116 valence electrons. The van der Waals surface area contributed by atoms with E-state index in [1.54, 1.807) is 0 Å². The fourth-order valence-corrected chi connectivity index (χ4v) is 2.39. The number of nitrogens with two attached hydrogens (primary N) is 1. The topological polar surface area (TPSA) is 53.1 Å². The number of nitrogen functional groups attached to an aromatic ring is 1. The monoisotopic (exact) mass is 299 g/mol. The second-order valence-electron chi connectivity index (χ2n) is 5.42. The maximum absolute atomic E-state index is 12.8. The molecular weight excluding hydrogens is 279 g/mol. The number of hydrogen-bond acceptors (Lipinski definition) is 2. The molecule has 0 aromatic heterocycles. The molecule has 1 saturated carbocycles. The Kier molecular flexibility index (Phi) is 4.44. The van der Waals surface area contributed by atoms with E-state index >= 15 is 0 Å². The first-order valence-electron chi connectivity index (χ1n) is 7.17. The Morgan fingerprint density at radius 2 is 2.05 bits per heavy atom. The smallest absolute Gasteiger partial charge is 0.384 e. The van der Waals surface area contributed by atoms with Crippen LogP contribution in [-0.2, 0) is 6.18 Å². The third kappa shape index (κ3) is 3.68.